The molecule has 0 aromatic heterocycles. The lowest BCUT2D eigenvalue weighted by Crippen LogP contribution is -2.45. The first kappa shape index (κ1) is 16.1. The lowest BCUT2D eigenvalue weighted by atomic mass is 9.73. The smallest absolute Gasteiger partial charge is 0.307 e. The van der Waals surface area contributed by atoms with Crippen molar-refractivity contribution >= 4 is 35.1 Å². The Hall–Kier alpha value is -1.30. The highest BCUT2D eigenvalue weighted by Crippen LogP contribution is 2.34. The van der Waals surface area contributed by atoms with Crippen LogP contribution in [0.15, 0.2) is 18.2 Å². The van der Waals surface area contributed by atoms with E-state index in [1.54, 1.807) is 18.2 Å². The molecule has 0 radical (unpaired) electrons. The van der Waals surface area contributed by atoms with Gasteiger partial charge in [0.15, 0.2) is 0 Å². The average Bonchev–Trinajstić information content (AvgIpc) is 2.32. The van der Waals surface area contributed by atoms with Crippen LogP contribution in [0.3, 0.4) is 0 Å². The first-order valence-corrected chi connectivity index (χ1v) is 7.28. The highest BCUT2D eigenvalue weighted by molar-refractivity contribution is 6.34. The molecule has 1 aromatic carbocycles. The molecule has 3 unspecified atom stereocenters. The number of carboxylic acids is 1. The maximum atomic E-state index is 11.9. The van der Waals surface area contributed by atoms with Crippen molar-refractivity contribution in [3.63, 3.8) is 0 Å². The van der Waals surface area contributed by atoms with Gasteiger partial charge in [-0.2, -0.15) is 0 Å². The van der Waals surface area contributed by atoms with Crippen molar-refractivity contribution in [1.29, 1.82) is 0 Å². The van der Waals surface area contributed by atoms with Gasteiger partial charge in [0.05, 0.1) is 17.9 Å². The molecule has 3 N–H and O–H groups in total. The first-order valence-electron chi connectivity index (χ1n) is 6.53. The molecule has 0 spiro atoms. The first-order chi connectivity index (χ1) is 9.88. The summed E-state index contributed by atoms with van der Waals surface area (Å²) in [6.07, 6.45) is 0.121. The van der Waals surface area contributed by atoms with Crippen molar-refractivity contribution in [1.82, 2.24) is 5.32 Å². The number of carbonyl (C=O) groups is 2. The summed E-state index contributed by atoms with van der Waals surface area (Å²) in [4.78, 5) is 22.7. The van der Waals surface area contributed by atoms with E-state index in [0.29, 0.717) is 28.5 Å². The summed E-state index contributed by atoms with van der Waals surface area (Å²) in [6.45, 7) is -0.0155. The van der Waals surface area contributed by atoms with E-state index in [2.05, 4.69) is 5.32 Å². The monoisotopic (exact) mass is 331 g/mol. The highest BCUT2D eigenvalue weighted by atomic mass is 35.5. The van der Waals surface area contributed by atoms with E-state index in [-0.39, 0.29) is 12.5 Å². The molecule has 5 nitrogen and oxygen atoms in total. The summed E-state index contributed by atoms with van der Waals surface area (Å²) >= 11 is 11.7. The van der Waals surface area contributed by atoms with Gasteiger partial charge in [-0.1, -0.05) is 23.2 Å². The zero-order valence-electron chi connectivity index (χ0n) is 11.1. The van der Waals surface area contributed by atoms with Gasteiger partial charge in [-0.3, -0.25) is 9.59 Å². The fraction of sp³-hybridized carbons (Fsp3) is 0.429. The van der Waals surface area contributed by atoms with Crippen LogP contribution >= 0.6 is 23.2 Å². The van der Waals surface area contributed by atoms with Gasteiger partial charge in [0.25, 0.3) is 0 Å². The number of benzene rings is 1. The number of aliphatic hydroxyl groups excluding tert-OH is 1. The van der Waals surface area contributed by atoms with Gasteiger partial charge in [-0.25, -0.2) is 0 Å². The number of aliphatic hydroxyl groups is 1. The average molecular weight is 332 g/mol. The van der Waals surface area contributed by atoms with E-state index in [9.17, 15) is 14.7 Å². The molecule has 1 saturated carbocycles. The summed E-state index contributed by atoms with van der Waals surface area (Å²) < 4.78 is 0. The summed E-state index contributed by atoms with van der Waals surface area (Å²) in [7, 11) is 0. The lowest BCUT2D eigenvalue weighted by molar-refractivity contribution is -0.152. The van der Waals surface area contributed by atoms with E-state index in [0.717, 1.165) is 0 Å². The Bertz CT molecular complexity index is 544. The van der Waals surface area contributed by atoms with Crippen LogP contribution < -0.4 is 5.32 Å². The maximum Gasteiger partial charge on any atom is 0.307 e. The summed E-state index contributed by atoms with van der Waals surface area (Å²) in [6, 6.07) is 4.67. The largest absolute Gasteiger partial charge is 0.481 e. The molecule has 1 amide bonds. The predicted molar refractivity (Wildman–Crippen MR) is 78.3 cm³/mol. The van der Waals surface area contributed by atoms with Gasteiger partial charge in [0.2, 0.25) is 5.91 Å². The van der Waals surface area contributed by atoms with E-state index in [1.807, 2.05) is 0 Å². The molecular formula is C14H15Cl2NO4. The zero-order chi connectivity index (χ0) is 15.6. The van der Waals surface area contributed by atoms with E-state index in [1.165, 1.54) is 0 Å². The Balaban J connectivity index is 1.90. The van der Waals surface area contributed by atoms with Crippen molar-refractivity contribution in [2.75, 3.05) is 6.54 Å². The Morgan fingerprint density at radius 2 is 1.76 bits per heavy atom. The number of hydrogen-bond acceptors (Lipinski definition) is 3. The molecule has 0 bridgehead atoms. The molecule has 0 saturated heterocycles. The summed E-state index contributed by atoms with van der Waals surface area (Å²) in [5.41, 5.74) is 0.496. The minimum atomic E-state index is -0.955. The number of hydrogen-bond donors (Lipinski definition) is 3. The number of nitrogens with one attached hydrogen (secondary N) is 1. The second-order valence-electron chi connectivity index (χ2n) is 5.09. The second-order valence-corrected chi connectivity index (χ2v) is 5.97. The van der Waals surface area contributed by atoms with Crippen LogP contribution in [-0.4, -0.2) is 28.6 Å². The number of aliphatic carboxylic acids is 1. The van der Waals surface area contributed by atoms with Crippen molar-refractivity contribution in [2.45, 2.75) is 18.9 Å². The molecule has 114 valence electrons. The van der Waals surface area contributed by atoms with Crippen LogP contribution in [0, 0.1) is 11.8 Å². The van der Waals surface area contributed by atoms with E-state index >= 15 is 0 Å². The lowest BCUT2D eigenvalue weighted by Gasteiger charge is -2.32. The topological polar surface area (TPSA) is 86.6 Å². The van der Waals surface area contributed by atoms with Gasteiger partial charge in [0, 0.05) is 16.6 Å². The molecular weight excluding hydrogens is 317 g/mol. The molecule has 1 aliphatic carbocycles. The number of carbonyl (C=O) groups excluding carboxylic acids is 1. The van der Waals surface area contributed by atoms with E-state index < -0.39 is 23.9 Å². The van der Waals surface area contributed by atoms with Crippen molar-refractivity contribution in [3.8, 4) is 0 Å². The predicted octanol–water partition coefficient (Wildman–Crippen LogP) is 2.25. The Morgan fingerprint density at radius 1 is 1.19 bits per heavy atom. The Labute approximate surface area is 131 Å². The molecule has 21 heavy (non-hydrogen) atoms. The third-order valence-corrected chi connectivity index (χ3v) is 4.10. The van der Waals surface area contributed by atoms with Crippen LogP contribution in [0.1, 0.15) is 24.5 Å². The van der Waals surface area contributed by atoms with Crippen molar-refractivity contribution < 1.29 is 19.8 Å². The van der Waals surface area contributed by atoms with Gasteiger partial charge in [0.1, 0.15) is 0 Å². The number of halogens is 2. The number of amides is 1. The summed E-state index contributed by atoms with van der Waals surface area (Å²) in [5.74, 6) is -2.44. The molecule has 0 heterocycles. The van der Waals surface area contributed by atoms with Gasteiger partial charge in [-0.15, -0.1) is 0 Å². The standard InChI is InChI=1S/C14H15Cl2NO4/c15-8-3-7(4-9(16)5-8)12(18)6-17-13(19)10-1-2-11(10)14(20)21/h3-5,10-12,18H,1-2,6H2,(H,17,19)(H,20,21). The quantitative estimate of drug-likeness (QED) is 0.772. The molecule has 1 fully saturated rings. The molecule has 1 aromatic rings. The SMILES string of the molecule is O=C(O)C1CCC1C(=O)NCC(O)c1cc(Cl)cc(Cl)c1. The van der Waals surface area contributed by atoms with Crippen LogP contribution in [0.4, 0.5) is 0 Å². The molecule has 2 rings (SSSR count). The zero-order valence-corrected chi connectivity index (χ0v) is 12.6. The Morgan fingerprint density at radius 3 is 2.24 bits per heavy atom. The molecule has 7 heteroatoms. The third kappa shape index (κ3) is 3.87. The normalized spacial score (nSPS) is 22.2. The van der Waals surface area contributed by atoms with Gasteiger partial charge >= 0.3 is 5.97 Å². The summed E-state index contributed by atoms with van der Waals surface area (Å²) in [5, 5.41) is 22.3. The van der Waals surface area contributed by atoms with Gasteiger partial charge < -0.3 is 15.5 Å². The minimum absolute atomic E-state index is 0.0155. The van der Waals surface area contributed by atoms with Crippen molar-refractivity contribution in [2.24, 2.45) is 11.8 Å². The van der Waals surface area contributed by atoms with Crippen molar-refractivity contribution in [3.05, 3.63) is 33.8 Å². The van der Waals surface area contributed by atoms with Crippen LogP contribution in [0.25, 0.3) is 0 Å². The highest BCUT2D eigenvalue weighted by Gasteiger charge is 2.41. The Kier molecular flexibility index (Phi) is 5.08. The van der Waals surface area contributed by atoms with E-state index in [4.69, 9.17) is 28.3 Å². The fourth-order valence-electron chi connectivity index (χ4n) is 2.32. The molecule has 0 aliphatic heterocycles. The van der Waals surface area contributed by atoms with Gasteiger partial charge in [-0.05, 0) is 36.6 Å². The number of carboxylic acid groups (broad SMARTS) is 1. The fourth-order valence-corrected chi connectivity index (χ4v) is 2.87. The minimum Gasteiger partial charge on any atom is -0.481 e. The maximum absolute atomic E-state index is 11.9. The van der Waals surface area contributed by atoms with Crippen LogP contribution in [0.5, 0.6) is 0 Å². The number of rotatable bonds is 5. The second kappa shape index (κ2) is 6.64. The molecule has 1 aliphatic rings. The third-order valence-electron chi connectivity index (χ3n) is 3.67. The van der Waals surface area contributed by atoms with Crippen LogP contribution in [0.2, 0.25) is 10.0 Å². The van der Waals surface area contributed by atoms with Crippen LogP contribution in [-0.2, 0) is 9.59 Å². The molecule has 3 atom stereocenters.